The maximum Gasteiger partial charge on any atom is 0.191 e. The van der Waals surface area contributed by atoms with Crippen molar-refractivity contribution in [3.05, 3.63) is 17.5 Å². The lowest BCUT2D eigenvalue weighted by molar-refractivity contribution is 0.255. The highest BCUT2D eigenvalue weighted by Gasteiger charge is 2.24. The molecule has 2 N–H and O–H groups in total. The Kier molecular flexibility index (Phi) is 8.20. The van der Waals surface area contributed by atoms with Gasteiger partial charge in [-0.3, -0.25) is 4.99 Å². The van der Waals surface area contributed by atoms with E-state index in [4.69, 9.17) is 4.52 Å². The Morgan fingerprint density at radius 2 is 2.00 bits per heavy atom. The Bertz CT molecular complexity index is 464. The molecule has 1 aliphatic rings. The molecule has 1 fully saturated rings. The van der Waals surface area contributed by atoms with Crippen LogP contribution in [0.3, 0.4) is 0 Å². The number of hydrogen-bond acceptors (Lipinski definition) is 3. The van der Waals surface area contributed by atoms with E-state index < -0.39 is 0 Å². The lowest BCUT2D eigenvalue weighted by atomic mass is 9.80. The van der Waals surface area contributed by atoms with Crippen LogP contribution in [0.15, 0.2) is 15.6 Å². The number of aromatic nitrogens is 1. The molecule has 2 rings (SSSR count). The van der Waals surface area contributed by atoms with Crippen LogP contribution in [0.4, 0.5) is 0 Å². The maximum atomic E-state index is 5.28. The summed E-state index contributed by atoms with van der Waals surface area (Å²) in [5, 5.41) is 10.8. The van der Waals surface area contributed by atoms with Crippen molar-refractivity contribution in [3.63, 3.8) is 0 Å². The van der Waals surface area contributed by atoms with Gasteiger partial charge < -0.3 is 15.2 Å². The number of nitrogens with one attached hydrogen (secondary N) is 2. The monoisotopic (exact) mass is 420 g/mol. The van der Waals surface area contributed by atoms with Crippen LogP contribution in [0, 0.1) is 11.8 Å². The van der Waals surface area contributed by atoms with Crippen LogP contribution >= 0.6 is 24.0 Å². The summed E-state index contributed by atoms with van der Waals surface area (Å²) in [6.07, 6.45) is 4.66. The molecule has 1 aromatic rings. The quantitative estimate of drug-likeness (QED) is 0.446. The first-order valence-electron chi connectivity index (χ1n) is 8.02. The first kappa shape index (κ1) is 19.3. The summed E-state index contributed by atoms with van der Waals surface area (Å²) < 4.78 is 5.28. The van der Waals surface area contributed by atoms with Crippen LogP contribution in [0.2, 0.25) is 0 Å². The molecule has 1 heterocycles. The van der Waals surface area contributed by atoms with E-state index in [-0.39, 0.29) is 24.0 Å². The molecule has 0 radical (unpaired) electrons. The molecule has 0 spiro atoms. The molecule has 5 nitrogen and oxygen atoms in total. The molecule has 0 aromatic carbocycles. The van der Waals surface area contributed by atoms with Crippen LogP contribution in [-0.2, 0) is 13.0 Å². The fourth-order valence-electron chi connectivity index (χ4n) is 3.23. The first-order chi connectivity index (χ1) is 10.1. The van der Waals surface area contributed by atoms with Gasteiger partial charge in [0.2, 0.25) is 0 Å². The number of aliphatic imine (C=N–C) groups is 1. The van der Waals surface area contributed by atoms with E-state index >= 15 is 0 Å². The molecule has 6 heteroatoms. The molecule has 0 amide bonds. The third-order valence-corrected chi connectivity index (χ3v) is 4.14. The zero-order valence-corrected chi connectivity index (χ0v) is 16.4. The molecule has 126 valence electrons. The third-order valence-electron chi connectivity index (χ3n) is 4.14. The van der Waals surface area contributed by atoms with Gasteiger partial charge in [-0.1, -0.05) is 25.9 Å². The average Bonchev–Trinajstić information content (AvgIpc) is 2.90. The second kappa shape index (κ2) is 9.37. The second-order valence-corrected chi connectivity index (χ2v) is 6.32. The molecule has 2 atom stereocenters. The van der Waals surface area contributed by atoms with E-state index in [9.17, 15) is 0 Å². The van der Waals surface area contributed by atoms with Crippen molar-refractivity contribution in [2.24, 2.45) is 16.8 Å². The van der Waals surface area contributed by atoms with E-state index in [2.05, 4.69) is 41.6 Å². The standard InChI is InChI=1S/C16H28N4O.HI/c1-5-13-9-15(21-20-13)10-18-16(17-4)19-14-7-11(2)6-12(3)8-14;/h9,11-12,14H,5-8,10H2,1-4H3,(H2,17,18,19);1H. The summed E-state index contributed by atoms with van der Waals surface area (Å²) in [4.78, 5) is 4.31. The molecule has 0 aliphatic heterocycles. The summed E-state index contributed by atoms with van der Waals surface area (Å²) in [5.74, 6) is 3.26. The first-order valence-corrected chi connectivity index (χ1v) is 8.02. The fourth-order valence-corrected chi connectivity index (χ4v) is 3.23. The Hall–Kier alpha value is -0.790. The Morgan fingerprint density at radius 3 is 2.55 bits per heavy atom. The minimum absolute atomic E-state index is 0. The SMILES string of the molecule is CCc1cc(CNC(=NC)NC2CC(C)CC(C)C2)on1.I. The van der Waals surface area contributed by atoms with Gasteiger partial charge in [-0.25, -0.2) is 0 Å². The number of hydrogen-bond donors (Lipinski definition) is 2. The number of halogens is 1. The molecule has 1 aliphatic carbocycles. The van der Waals surface area contributed by atoms with Crippen LogP contribution in [0.1, 0.15) is 51.5 Å². The van der Waals surface area contributed by atoms with Crippen molar-refractivity contribution in [2.75, 3.05) is 7.05 Å². The molecular formula is C16H29IN4O. The van der Waals surface area contributed by atoms with Gasteiger partial charge in [-0.05, 0) is 37.5 Å². The van der Waals surface area contributed by atoms with Gasteiger partial charge in [0.05, 0.1) is 12.2 Å². The fraction of sp³-hybridized carbons (Fsp3) is 0.750. The topological polar surface area (TPSA) is 62.5 Å². The van der Waals surface area contributed by atoms with Crippen LogP contribution in [0.25, 0.3) is 0 Å². The van der Waals surface area contributed by atoms with E-state index in [1.54, 1.807) is 0 Å². The van der Waals surface area contributed by atoms with Crippen molar-refractivity contribution < 1.29 is 4.52 Å². The van der Waals surface area contributed by atoms with Crippen LogP contribution in [-0.4, -0.2) is 24.2 Å². The predicted molar refractivity (Wildman–Crippen MR) is 101 cm³/mol. The lowest BCUT2D eigenvalue weighted by Gasteiger charge is -2.32. The van der Waals surface area contributed by atoms with Gasteiger partial charge in [-0.2, -0.15) is 0 Å². The van der Waals surface area contributed by atoms with E-state index in [0.717, 1.165) is 35.7 Å². The van der Waals surface area contributed by atoms with Gasteiger partial charge in [0, 0.05) is 19.2 Å². The van der Waals surface area contributed by atoms with Gasteiger partial charge in [-0.15, -0.1) is 24.0 Å². The minimum Gasteiger partial charge on any atom is -0.359 e. The number of rotatable bonds is 4. The smallest absolute Gasteiger partial charge is 0.191 e. The maximum absolute atomic E-state index is 5.28. The number of guanidine groups is 1. The third kappa shape index (κ3) is 5.78. The summed E-state index contributed by atoms with van der Waals surface area (Å²) in [5.41, 5.74) is 0.990. The Morgan fingerprint density at radius 1 is 1.32 bits per heavy atom. The Labute approximate surface area is 150 Å². The van der Waals surface area contributed by atoms with Gasteiger partial charge >= 0.3 is 0 Å². The molecule has 0 bridgehead atoms. The largest absolute Gasteiger partial charge is 0.359 e. The van der Waals surface area contributed by atoms with Crippen LogP contribution < -0.4 is 10.6 Å². The average molecular weight is 420 g/mol. The van der Waals surface area contributed by atoms with E-state index in [0.29, 0.717) is 12.6 Å². The van der Waals surface area contributed by atoms with E-state index in [1.807, 2.05) is 13.1 Å². The molecule has 1 saturated carbocycles. The molecule has 1 aromatic heterocycles. The lowest BCUT2D eigenvalue weighted by Crippen LogP contribution is -2.45. The Balaban J connectivity index is 0.00000242. The minimum atomic E-state index is 0. The molecule has 22 heavy (non-hydrogen) atoms. The summed E-state index contributed by atoms with van der Waals surface area (Å²) in [6, 6.07) is 2.50. The number of aryl methyl sites for hydroxylation is 1. The second-order valence-electron chi connectivity index (χ2n) is 6.32. The molecule has 0 saturated heterocycles. The van der Waals surface area contributed by atoms with Crippen molar-refractivity contribution in [1.29, 1.82) is 0 Å². The summed E-state index contributed by atoms with van der Waals surface area (Å²) >= 11 is 0. The van der Waals surface area contributed by atoms with Crippen molar-refractivity contribution >= 4 is 29.9 Å². The van der Waals surface area contributed by atoms with E-state index in [1.165, 1.54) is 19.3 Å². The highest BCUT2D eigenvalue weighted by atomic mass is 127. The molecule has 2 unspecified atom stereocenters. The highest BCUT2D eigenvalue weighted by Crippen LogP contribution is 2.28. The highest BCUT2D eigenvalue weighted by molar-refractivity contribution is 14.0. The van der Waals surface area contributed by atoms with Crippen molar-refractivity contribution in [3.8, 4) is 0 Å². The summed E-state index contributed by atoms with van der Waals surface area (Å²) in [6.45, 7) is 7.36. The number of nitrogens with zero attached hydrogens (tertiary/aromatic N) is 2. The normalized spacial score (nSPS) is 25.5. The van der Waals surface area contributed by atoms with Gasteiger partial charge in [0.15, 0.2) is 11.7 Å². The van der Waals surface area contributed by atoms with Crippen LogP contribution in [0.5, 0.6) is 0 Å². The van der Waals surface area contributed by atoms with Gasteiger partial charge in [0.1, 0.15) is 0 Å². The zero-order valence-electron chi connectivity index (χ0n) is 14.1. The van der Waals surface area contributed by atoms with Gasteiger partial charge in [0.25, 0.3) is 0 Å². The predicted octanol–water partition coefficient (Wildman–Crippen LogP) is 3.34. The van der Waals surface area contributed by atoms with Crippen molar-refractivity contribution in [1.82, 2.24) is 15.8 Å². The summed E-state index contributed by atoms with van der Waals surface area (Å²) in [7, 11) is 1.81. The zero-order chi connectivity index (χ0) is 15.2. The van der Waals surface area contributed by atoms with Crippen molar-refractivity contribution in [2.45, 2.75) is 59.0 Å². The molecular weight excluding hydrogens is 391 g/mol.